The van der Waals surface area contributed by atoms with Gasteiger partial charge in [0.1, 0.15) is 5.78 Å². The third kappa shape index (κ3) is 6.31. The molecule has 3 heteroatoms. The van der Waals surface area contributed by atoms with Crippen LogP contribution in [0.3, 0.4) is 0 Å². The minimum absolute atomic E-state index is 0.0958. The van der Waals surface area contributed by atoms with Gasteiger partial charge in [-0.25, -0.2) is 0 Å². The lowest BCUT2D eigenvalue weighted by atomic mass is 10.1. The maximum atomic E-state index is 10.7. The van der Waals surface area contributed by atoms with Gasteiger partial charge < -0.3 is 11.1 Å². The van der Waals surface area contributed by atoms with E-state index in [0.717, 1.165) is 32.4 Å². The van der Waals surface area contributed by atoms with Crippen molar-refractivity contribution in [2.24, 2.45) is 5.73 Å². The molecule has 0 fully saturated rings. The van der Waals surface area contributed by atoms with E-state index in [1.54, 1.807) is 6.92 Å². The number of nitrogens with two attached hydrogens (primary N) is 1. The first-order valence-corrected chi connectivity index (χ1v) is 4.65. The topological polar surface area (TPSA) is 55.1 Å². The second kappa shape index (κ2) is 7.25. The van der Waals surface area contributed by atoms with Crippen molar-refractivity contribution < 1.29 is 4.79 Å². The number of carbonyl (C=O) groups excluding carboxylic acids is 1. The van der Waals surface area contributed by atoms with Gasteiger partial charge in [0.15, 0.2) is 0 Å². The summed E-state index contributed by atoms with van der Waals surface area (Å²) in [5.41, 5.74) is 5.56. The van der Waals surface area contributed by atoms with Crippen LogP contribution in [0.1, 0.15) is 33.1 Å². The van der Waals surface area contributed by atoms with Crippen molar-refractivity contribution >= 4 is 5.78 Å². The van der Waals surface area contributed by atoms with Crippen molar-refractivity contribution in [1.82, 2.24) is 5.32 Å². The summed E-state index contributed by atoms with van der Waals surface area (Å²) in [6.07, 6.45) is 2.96. The van der Waals surface area contributed by atoms with Crippen molar-refractivity contribution in [3.05, 3.63) is 0 Å². The number of carbonyl (C=O) groups is 1. The molecule has 0 bridgehead atoms. The average molecular weight is 172 g/mol. The molecule has 72 valence electrons. The fraction of sp³-hybridized carbons (Fsp3) is 0.889. The number of hydrogen-bond donors (Lipinski definition) is 2. The average Bonchev–Trinajstić information content (AvgIpc) is 2.03. The van der Waals surface area contributed by atoms with Crippen LogP contribution in [0, 0.1) is 0 Å². The van der Waals surface area contributed by atoms with Crippen LogP contribution >= 0.6 is 0 Å². The molecule has 0 radical (unpaired) electrons. The quantitative estimate of drug-likeness (QED) is 0.555. The highest BCUT2D eigenvalue weighted by Crippen LogP contribution is 1.98. The van der Waals surface area contributed by atoms with Crippen molar-refractivity contribution in [3.8, 4) is 0 Å². The van der Waals surface area contributed by atoms with Crippen LogP contribution in [-0.2, 0) is 4.79 Å². The maximum Gasteiger partial charge on any atom is 0.146 e. The maximum absolute atomic E-state index is 10.7. The van der Waals surface area contributed by atoms with Crippen molar-refractivity contribution in [2.75, 3.05) is 13.1 Å². The number of ketones is 1. The number of hydrogen-bond acceptors (Lipinski definition) is 3. The number of nitrogens with one attached hydrogen (secondary N) is 1. The van der Waals surface area contributed by atoms with Gasteiger partial charge in [0.05, 0.1) is 6.04 Å². The zero-order valence-electron chi connectivity index (χ0n) is 8.10. The van der Waals surface area contributed by atoms with Crippen molar-refractivity contribution in [3.63, 3.8) is 0 Å². The Morgan fingerprint density at radius 2 is 2.17 bits per heavy atom. The fourth-order valence-corrected chi connectivity index (χ4v) is 0.994. The Morgan fingerprint density at radius 3 is 2.67 bits per heavy atom. The highest BCUT2D eigenvalue weighted by atomic mass is 16.1. The van der Waals surface area contributed by atoms with E-state index in [9.17, 15) is 4.79 Å². The molecule has 0 heterocycles. The minimum Gasteiger partial charge on any atom is -0.322 e. The molecule has 0 aliphatic heterocycles. The van der Waals surface area contributed by atoms with Gasteiger partial charge in [0.2, 0.25) is 0 Å². The van der Waals surface area contributed by atoms with E-state index in [2.05, 4.69) is 12.2 Å². The van der Waals surface area contributed by atoms with Crippen molar-refractivity contribution in [2.45, 2.75) is 39.2 Å². The molecule has 0 rings (SSSR count). The second-order valence-electron chi connectivity index (χ2n) is 3.07. The summed E-state index contributed by atoms with van der Waals surface area (Å²) in [4.78, 5) is 10.7. The summed E-state index contributed by atoms with van der Waals surface area (Å²) in [6.45, 7) is 5.68. The van der Waals surface area contributed by atoms with Crippen LogP contribution in [0.25, 0.3) is 0 Å². The van der Waals surface area contributed by atoms with Crippen LogP contribution < -0.4 is 11.1 Å². The predicted molar refractivity (Wildman–Crippen MR) is 51.1 cm³/mol. The molecule has 0 aromatic carbocycles. The molecule has 0 aliphatic carbocycles. The smallest absolute Gasteiger partial charge is 0.146 e. The van der Waals surface area contributed by atoms with E-state index in [1.165, 1.54) is 0 Å². The molecule has 3 N–H and O–H groups in total. The van der Waals surface area contributed by atoms with Gasteiger partial charge >= 0.3 is 0 Å². The Labute approximate surface area is 74.7 Å². The molecule has 0 spiro atoms. The van der Waals surface area contributed by atoms with E-state index >= 15 is 0 Å². The van der Waals surface area contributed by atoms with Gasteiger partial charge in [-0.05, 0) is 32.9 Å². The summed E-state index contributed by atoms with van der Waals surface area (Å²) in [5.74, 6) is 0.0958. The molecule has 0 saturated heterocycles. The first-order chi connectivity index (χ1) is 5.68. The molecule has 3 nitrogen and oxygen atoms in total. The summed E-state index contributed by atoms with van der Waals surface area (Å²) in [7, 11) is 0. The Bertz CT molecular complexity index is 126. The largest absolute Gasteiger partial charge is 0.322 e. The summed E-state index contributed by atoms with van der Waals surface area (Å²) < 4.78 is 0. The first-order valence-electron chi connectivity index (χ1n) is 4.65. The molecule has 0 amide bonds. The van der Waals surface area contributed by atoms with Gasteiger partial charge in [0.25, 0.3) is 0 Å². The van der Waals surface area contributed by atoms with Crippen LogP contribution in [0.2, 0.25) is 0 Å². The molecule has 1 atom stereocenters. The highest BCUT2D eigenvalue weighted by molar-refractivity contribution is 5.80. The predicted octanol–water partition coefficient (Wildman–Crippen LogP) is 0.682. The van der Waals surface area contributed by atoms with Gasteiger partial charge in [-0.15, -0.1) is 0 Å². The van der Waals surface area contributed by atoms with E-state index in [-0.39, 0.29) is 11.8 Å². The van der Waals surface area contributed by atoms with Crippen LogP contribution in [0.15, 0.2) is 0 Å². The normalized spacial score (nSPS) is 12.9. The van der Waals surface area contributed by atoms with E-state index < -0.39 is 0 Å². The zero-order chi connectivity index (χ0) is 9.40. The van der Waals surface area contributed by atoms with Crippen LogP contribution in [-0.4, -0.2) is 24.9 Å². The summed E-state index contributed by atoms with van der Waals surface area (Å²) in [6, 6.07) is -0.244. The lowest BCUT2D eigenvalue weighted by molar-refractivity contribution is -0.118. The van der Waals surface area contributed by atoms with Crippen LogP contribution in [0.5, 0.6) is 0 Å². The molecule has 0 saturated carbocycles. The van der Waals surface area contributed by atoms with Gasteiger partial charge in [-0.1, -0.05) is 13.3 Å². The summed E-state index contributed by atoms with van der Waals surface area (Å²) in [5, 5.41) is 3.23. The standard InChI is InChI=1S/C9H20N2O/c1-3-11-7-5-4-6-9(10)8(2)12/h9,11H,3-7,10H2,1-2H3. The van der Waals surface area contributed by atoms with E-state index in [1.807, 2.05) is 0 Å². The second-order valence-corrected chi connectivity index (χ2v) is 3.07. The van der Waals surface area contributed by atoms with Gasteiger partial charge in [-0.2, -0.15) is 0 Å². The van der Waals surface area contributed by atoms with E-state index in [0.29, 0.717) is 0 Å². The fourth-order valence-electron chi connectivity index (χ4n) is 0.994. The third-order valence-corrected chi connectivity index (χ3v) is 1.89. The molecular weight excluding hydrogens is 152 g/mol. The molecule has 0 aromatic heterocycles. The molecule has 0 aliphatic rings. The van der Waals surface area contributed by atoms with Crippen LogP contribution in [0.4, 0.5) is 0 Å². The SMILES string of the molecule is CCNCCCCC(N)C(C)=O. The molecule has 12 heavy (non-hydrogen) atoms. The van der Waals surface area contributed by atoms with E-state index in [4.69, 9.17) is 5.73 Å². The minimum atomic E-state index is -0.244. The Balaban J connectivity index is 3.14. The number of Topliss-reactive ketones (excluding diaryl/α,β-unsaturated/α-hetero) is 1. The number of unbranched alkanes of at least 4 members (excludes halogenated alkanes) is 1. The van der Waals surface area contributed by atoms with Crippen molar-refractivity contribution in [1.29, 1.82) is 0 Å². The Morgan fingerprint density at radius 1 is 1.50 bits per heavy atom. The molecular formula is C9H20N2O. The Hall–Kier alpha value is -0.410. The Kier molecular flexibility index (Phi) is 7.00. The number of rotatable bonds is 7. The zero-order valence-corrected chi connectivity index (χ0v) is 8.10. The molecule has 1 unspecified atom stereocenters. The van der Waals surface area contributed by atoms with Gasteiger partial charge in [0, 0.05) is 0 Å². The lowest BCUT2D eigenvalue weighted by Crippen LogP contribution is -2.28. The highest BCUT2D eigenvalue weighted by Gasteiger charge is 2.05. The molecule has 0 aromatic rings. The monoisotopic (exact) mass is 172 g/mol. The van der Waals surface area contributed by atoms with Gasteiger partial charge in [-0.3, -0.25) is 4.79 Å². The third-order valence-electron chi connectivity index (χ3n) is 1.89. The first kappa shape index (κ1) is 11.6. The summed E-state index contributed by atoms with van der Waals surface area (Å²) >= 11 is 0. The lowest BCUT2D eigenvalue weighted by Gasteiger charge is -2.06.